The van der Waals surface area contributed by atoms with E-state index in [9.17, 15) is 4.79 Å². The Hall–Kier alpha value is -3.34. The molecule has 4 heterocycles. The molecule has 0 unspecified atom stereocenters. The second kappa shape index (κ2) is 12.1. The Bertz CT molecular complexity index is 1790. The number of nitrogens with one attached hydrogen (secondary N) is 2. The number of rotatable bonds is 1. The second-order valence-corrected chi connectivity index (χ2v) is 12.9. The van der Waals surface area contributed by atoms with E-state index in [2.05, 4.69) is 46.4 Å². The van der Waals surface area contributed by atoms with Crippen molar-refractivity contribution in [1.29, 1.82) is 0 Å². The van der Waals surface area contributed by atoms with Gasteiger partial charge in [0.15, 0.2) is 0 Å². The fourth-order valence-electron chi connectivity index (χ4n) is 5.47. The molecule has 0 saturated carbocycles. The molecule has 6 rings (SSSR count). The zero-order valence-electron chi connectivity index (χ0n) is 24.0. The predicted molar refractivity (Wildman–Crippen MR) is 170 cm³/mol. The lowest BCUT2D eigenvalue weighted by Crippen LogP contribution is -2.07. The highest BCUT2D eigenvalue weighted by atomic mass is 35.5. The molecule has 0 saturated heterocycles. The quantitative estimate of drug-likeness (QED) is 0.188. The highest BCUT2D eigenvalue weighted by Crippen LogP contribution is 2.41. The van der Waals surface area contributed by atoms with E-state index in [1.54, 1.807) is 23.5 Å². The van der Waals surface area contributed by atoms with Gasteiger partial charge in [0.1, 0.15) is 11.4 Å². The van der Waals surface area contributed by atoms with Crippen LogP contribution in [0.1, 0.15) is 50.8 Å². The number of ether oxygens (including phenoxy) is 2. The second-order valence-electron chi connectivity index (χ2n) is 10.4. The largest absolute Gasteiger partial charge is 0.494 e. The van der Waals surface area contributed by atoms with Crippen molar-refractivity contribution in [3.63, 3.8) is 0 Å². The van der Waals surface area contributed by atoms with Gasteiger partial charge in [-0.25, -0.2) is 4.79 Å². The van der Waals surface area contributed by atoms with E-state index < -0.39 is 5.97 Å². The number of aromatic nitrogens is 5. The Morgan fingerprint density at radius 3 is 2.81 bits per heavy atom. The minimum Gasteiger partial charge on any atom is -0.494 e. The summed E-state index contributed by atoms with van der Waals surface area (Å²) >= 11 is 10.4. The zero-order chi connectivity index (χ0) is 29.4. The van der Waals surface area contributed by atoms with Crippen LogP contribution in [-0.2, 0) is 35.5 Å². The van der Waals surface area contributed by atoms with Gasteiger partial charge in [0, 0.05) is 57.1 Å². The Labute approximate surface area is 257 Å². The van der Waals surface area contributed by atoms with E-state index in [1.807, 2.05) is 30.8 Å². The number of carbonyl (C=O) groups is 1. The minimum absolute atomic E-state index is 0.406. The molecule has 0 fully saturated rings. The number of nitrogens with zero attached hydrogens (tertiary/aromatic N) is 3. The topological polar surface area (TPSA) is 97.8 Å². The number of H-pyrrole nitrogens is 2. The lowest BCUT2D eigenvalue weighted by molar-refractivity contribution is 0.0593. The lowest BCUT2D eigenvalue weighted by Gasteiger charge is -2.11. The number of methoxy groups -OCH3 is 1. The molecule has 0 spiro atoms. The van der Waals surface area contributed by atoms with Gasteiger partial charge >= 0.3 is 5.97 Å². The molecule has 1 aliphatic heterocycles. The first-order valence-corrected chi connectivity index (χ1v) is 16.3. The van der Waals surface area contributed by atoms with Crippen LogP contribution in [0.15, 0.2) is 41.3 Å². The summed E-state index contributed by atoms with van der Waals surface area (Å²) in [5.74, 6) is 2.65. The summed E-state index contributed by atoms with van der Waals surface area (Å²) in [6, 6.07) is 12.3. The molecule has 2 N–H and O–H groups in total. The number of benzene rings is 2. The van der Waals surface area contributed by atoms with E-state index in [1.165, 1.54) is 7.11 Å². The summed E-state index contributed by atoms with van der Waals surface area (Å²) < 4.78 is 13.3. The minimum atomic E-state index is -0.406. The van der Waals surface area contributed by atoms with E-state index in [0.717, 1.165) is 84.5 Å². The first-order chi connectivity index (χ1) is 20.3. The van der Waals surface area contributed by atoms with Crippen LogP contribution in [0.3, 0.4) is 0 Å². The number of esters is 1. The molecule has 1 aliphatic rings. The van der Waals surface area contributed by atoms with E-state index >= 15 is 0 Å². The van der Waals surface area contributed by atoms with Crippen molar-refractivity contribution in [2.75, 3.05) is 13.7 Å². The summed E-state index contributed by atoms with van der Waals surface area (Å²) in [7, 11) is 3.35. The third kappa shape index (κ3) is 5.67. The molecule has 2 aromatic carbocycles. The van der Waals surface area contributed by atoms with Crippen LogP contribution < -0.4 is 4.74 Å². The summed E-state index contributed by atoms with van der Waals surface area (Å²) in [5, 5.41) is 14.1. The monoisotopic (exact) mass is 621 g/mol. The Kier molecular flexibility index (Phi) is 8.29. The first-order valence-electron chi connectivity index (χ1n) is 13.7. The molecule has 8 bridgehead atoms. The van der Waals surface area contributed by atoms with Crippen LogP contribution in [0.2, 0.25) is 5.02 Å². The molecule has 0 aliphatic carbocycles. The number of aryl methyl sites for hydroxylation is 3. The molecule has 3 aromatic heterocycles. The summed E-state index contributed by atoms with van der Waals surface area (Å²) in [5.41, 5.74) is 9.15. The van der Waals surface area contributed by atoms with Crippen molar-refractivity contribution < 1.29 is 14.3 Å². The van der Waals surface area contributed by atoms with Gasteiger partial charge in [0.25, 0.3) is 0 Å². The highest BCUT2D eigenvalue weighted by molar-refractivity contribution is 7.98. The summed E-state index contributed by atoms with van der Waals surface area (Å²) in [6.45, 7) is 4.63. The van der Waals surface area contributed by atoms with Crippen LogP contribution in [0.25, 0.3) is 22.0 Å². The third-order valence-electron chi connectivity index (χ3n) is 7.51. The van der Waals surface area contributed by atoms with Gasteiger partial charge in [0.05, 0.1) is 35.6 Å². The normalized spacial score (nSPS) is 14.3. The number of aromatic amines is 2. The van der Waals surface area contributed by atoms with Crippen LogP contribution in [0.5, 0.6) is 5.75 Å². The number of hydrogen-bond donors (Lipinski definition) is 2. The lowest BCUT2D eigenvalue weighted by atomic mass is 9.98. The summed E-state index contributed by atoms with van der Waals surface area (Å²) in [6.07, 6.45) is 1.35. The van der Waals surface area contributed by atoms with Crippen molar-refractivity contribution in [2.24, 2.45) is 7.05 Å². The van der Waals surface area contributed by atoms with Gasteiger partial charge in [-0.1, -0.05) is 17.7 Å². The molecule has 0 radical (unpaired) electrons. The van der Waals surface area contributed by atoms with Crippen LogP contribution in [0.4, 0.5) is 0 Å². The van der Waals surface area contributed by atoms with Gasteiger partial charge < -0.3 is 14.5 Å². The molecule has 8 nitrogen and oxygen atoms in total. The first kappa shape index (κ1) is 28.8. The van der Waals surface area contributed by atoms with E-state index in [-0.39, 0.29) is 0 Å². The van der Waals surface area contributed by atoms with E-state index in [0.29, 0.717) is 29.5 Å². The molecule has 218 valence electrons. The predicted octanol–water partition coefficient (Wildman–Crippen LogP) is 7.40. The molecule has 42 heavy (non-hydrogen) atoms. The smallest absolute Gasteiger partial charge is 0.354 e. The summed E-state index contributed by atoms with van der Waals surface area (Å²) in [4.78, 5) is 17.5. The fourth-order valence-corrected chi connectivity index (χ4v) is 7.51. The fraction of sp³-hybridized carbons (Fsp3) is 0.323. The third-order valence-corrected chi connectivity index (χ3v) is 9.83. The standard InChI is InChI=1S/C31H32ClN5O3S2/c1-17-10-21-13-22(11-17)42-15-20-12-19(34-35-20)14-41-16-26-27(18(2)37(3)36-26)28-25(32)8-7-24-23(6-5-9-40-21)30(31(38)39-4)33-29(24)28/h7-8,10-13,33H,5-6,9,14-16H2,1-4H3,(H,34,35). The highest BCUT2D eigenvalue weighted by Gasteiger charge is 2.25. The molecule has 11 heteroatoms. The van der Waals surface area contributed by atoms with Crippen LogP contribution in [-0.4, -0.2) is 44.6 Å². The van der Waals surface area contributed by atoms with Crippen LogP contribution in [0, 0.1) is 13.8 Å². The molecule has 0 amide bonds. The van der Waals surface area contributed by atoms with E-state index in [4.69, 9.17) is 26.2 Å². The Balaban J connectivity index is 1.45. The van der Waals surface area contributed by atoms with Gasteiger partial charge in [-0.15, -0.1) is 23.5 Å². The number of thioether (sulfide) groups is 2. The zero-order valence-corrected chi connectivity index (χ0v) is 26.4. The number of carbonyl (C=O) groups excluding carboxylic acids is 1. The van der Waals surface area contributed by atoms with Crippen LogP contribution >= 0.6 is 35.1 Å². The average Bonchev–Trinajstić information content (AvgIpc) is 3.65. The van der Waals surface area contributed by atoms with Gasteiger partial charge in [0.2, 0.25) is 0 Å². The molecule has 0 atom stereocenters. The molecule has 5 aromatic rings. The number of fused-ring (bicyclic) bond motifs is 6. The SMILES string of the molecule is COC(=O)c1[nH]c2c3c(Cl)ccc2c1CCCOc1cc(C)cc(c1)SCc1cc(n[nH]1)CSCc1nn(C)c(C)c1-3. The molecular formula is C31H32ClN5O3S2. The number of halogens is 1. The Morgan fingerprint density at radius 1 is 1.12 bits per heavy atom. The number of hydrogen-bond acceptors (Lipinski definition) is 7. The van der Waals surface area contributed by atoms with Crippen molar-refractivity contribution in [3.8, 4) is 16.9 Å². The maximum atomic E-state index is 12.9. The van der Waals surface area contributed by atoms with Crippen molar-refractivity contribution in [2.45, 2.75) is 48.8 Å². The van der Waals surface area contributed by atoms with Gasteiger partial charge in [-0.05, 0) is 68.1 Å². The Morgan fingerprint density at radius 2 is 1.98 bits per heavy atom. The van der Waals surface area contributed by atoms with Crippen molar-refractivity contribution in [3.05, 3.63) is 81.0 Å². The van der Waals surface area contributed by atoms with Gasteiger partial charge in [-0.3, -0.25) is 9.78 Å². The average molecular weight is 622 g/mol. The van der Waals surface area contributed by atoms with Crippen molar-refractivity contribution >= 4 is 52.0 Å². The maximum absolute atomic E-state index is 12.9. The maximum Gasteiger partial charge on any atom is 0.354 e. The van der Waals surface area contributed by atoms with Crippen molar-refractivity contribution in [1.82, 2.24) is 25.0 Å². The van der Waals surface area contributed by atoms with Gasteiger partial charge in [-0.2, -0.15) is 10.2 Å². The molecular weight excluding hydrogens is 590 g/mol.